The molecule has 162 valence electrons. The lowest BCUT2D eigenvalue weighted by atomic mass is 9.69. The quantitative estimate of drug-likeness (QED) is 0.341. The zero-order chi connectivity index (χ0) is 21.3. The van der Waals surface area contributed by atoms with E-state index in [0.29, 0.717) is 17.9 Å². The van der Waals surface area contributed by atoms with Crippen LogP contribution < -0.4 is 0 Å². The van der Waals surface area contributed by atoms with E-state index in [-0.39, 0.29) is 11.1 Å². The van der Waals surface area contributed by atoms with Crippen LogP contribution in [-0.2, 0) is 12.8 Å². The van der Waals surface area contributed by atoms with E-state index in [0.717, 1.165) is 42.4 Å². The van der Waals surface area contributed by atoms with Crippen molar-refractivity contribution < 1.29 is 17.6 Å². The molecule has 0 amide bonds. The maximum Gasteiger partial charge on any atom is 0.194 e. The summed E-state index contributed by atoms with van der Waals surface area (Å²) < 4.78 is 55.7. The van der Waals surface area contributed by atoms with E-state index in [1.165, 1.54) is 44.9 Å². The Bertz CT molecular complexity index is 873. The minimum atomic E-state index is -1.52. The molecule has 30 heavy (non-hydrogen) atoms. The largest absolute Gasteiger partial charge is 0.206 e. The molecule has 0 N–H and O–H groups in total. The SMILES string of the molecule is CCCCC1CCC(C2CCc3c(ccc(-c4cc(F)c(F)c(F)c4)c3F)C2)CC1. The number of benzene rings is 2. The van der Waals surface area contributed by atoms with Gasteiger partial charge in [-0.2, -0.15) is 0 Å². The first-order valence-electron chi connectivity index (χ1n) is 11.4. The molecule has 0 aliphatic heterocycles. The highest BCUT2D eigenvalue weighted by molar-refractivity contribution is 5.66. The van der Waals surface area contributed by atoms with E-state index in [2.05, 4.69) is 6.92 Å². The molecule has 0 spiro atoms. The maximum atomic E-state index is 15.2. The van der Waals surface area contributed by atoms with E-state index < -0.39 is 23.3 Å². The summed E-state index contributed by atoms with van der Waals surface area (Å²) in [6.45, 7) is 2.25. The summed E-state index contributed by atoms with van der Waals surface area (Å²) in [5.74, 6) is -2.33. The van der Waals surface area contributed by atoms with Gasteiger partial charge in [0.15, 0.2) is 17.5 Å². The van der Waals surface area contributed by atoms with Crippen LogP contribution in [0.15, 0.2) is 24.3 Å². The topological polar surface area (TPSA) is 0 Å². The van der Waals surface area contributed by atoms with Crippen LogP contribution in [0, 0.1) is 41.0 Å². The van der Waals surface area contributed by atoms with Gasteiger partial charge in [0, 0.05) is 5.56 Å². The molecule has 0 radical (unpaired) electrons. The van der Waals surface area contributed by atoms with Gasteiger partial charge in [0.05, 0.1) is 0 Å². The second kappa shape index (κ2) is 9.11. The molecule has 2 aliphatic carbocycles. The van der Waals surface area contributed by atoms with Crippen LogP contribution in [0.3, 0.4) is 0 Å². The van der Waals surface area contributed by atoms with Crippen LogP contribution in [0.25, 0.3) is 11.1 Å². The van der Waals surface area contributed by atoms with Gasteiger partial charge in [-0.25, -0.2) is 17.6 Å². The van der Waals surface area contributed by atoms with Crippen LogP contribution in [-0.4, -0.2) is 0 Å². The summed E-state index contributed by atoms with van der Waals surface area (Å²) in [5, 5.41) is 0. The monoisotopic (exact) mass is 418 g/mol. The Balaban J connectivity index is 1.48. The molecular weight excluding hydrogens is 388 g/mol. The molecule has 2 aliphatic rings. The molecule has 2 aromatic carbocycles. The Labute approximate surface area is 176 Å². The fraction of sp³-hybridized carbons (Fsp3) is 0.538. The number of halogens is 4. The first-order valence-corrected chi connectivity index (χ1v) is 11.4. The Morgan fingerprint density at radius 1 is 0.833 bits per heavy atom. The molecule has 0 bridgehead atoms. The second-order valence-corrected chi connectivity index (χ2v) is 9.24. The average Bonchev–Trinajstić information content (AvgIpc) is 2.76. The third-order valence-corrected chi connectivity index (χ3v) is 7.41. The van der Waals surface area contributed by atoms with Crippen LogP contribution >= 0.6 is 0 Å². The zero-order valence-electron chi connectivity index (χ0n) is 17.6. The van der Waals surface area contributed by atoms with Gasteiger partial charge in [0.2, 0.25) is 0 Å². The van der Waals surface area contributed by atoms with Crippen LogP contribution in [0.4, 0.5) is 17.6 Å². The van der Waals surface area contributed by atoms with Crippen molar-refractivity contribution in [2.24, 2.45) is 17.8 Å². The molecule has 4 rings (SSSR count). The van der Waals surface area contributed by atoms with E-state index >= 15 is 4.39 Å². The Morgan fingerprint density at radius 2 is 1.53 bits per heavy atom. The van der Waals surface area contributed by atoms with Gasteiger partial charge < -0.3 is 0 Å². The highest BCUT2D eigenvalue weighted by atomic mass is 19.2. The van der Waals surface area contributed by atoms with Gasteiger partial charge in [-0.1, -0.05) is 51.2 Å². The van der Waals surface area contributed by atoms with Crippen molar-refractivity contribution in [3.63, 3.8) is 0 Å². The lowest BCUT2D eigenvalue weighted by molar-refractivity contribution is 0.182. The predicted molar refractivity (Wildman–Crippen MR) is 112 cm³/mol. The van der Waals surface area contributed by atoms with Crippen LogP contribution in [0.2, 0.25) is 0 Å². The lowest BCUT2D eigenvalue weighted by Crippen LogP contribution is -2.27. The third-order valence-electron chi connectivity index (χ3n) is 7.41. The minimum absolute atomic E-state index is 0.0409. The van der Waals surface area contributed by atoms with Crippen molar-refractivity contribution in [1.82, 2.24) is 0 Å². The average molecular weight is 419 g/mol. The van der Waals surface area contributed by atoms with Crippen molar-refractivity contribution in [1.29, 1.82) is 0 Å². The Morgan fingerprint density at radius 3 is 2.20 bits per heavy atom. The normalized spacial score (nSPS) is 24.0. The van der Waals surface area contributed by atoms with Gasteiger partial charge >= 0.3 is 0 Å². The number of fused-ring (bicyclic) bond motifs is 1. The smallest absolute Gasteiger partial charge is 0.194 e. The van der Waals surface area contributed by atoms with Gasteiger partial charge in [-0.15, -0.1) is 0 Å². The number of hydrogen-bond donors (Lipinski definition) is 0. The lowest BCUT2D eigenvalue weighted by Gasteiger charge is -2.36. The number of unbranched alkanes of at least 4 members (excludes halogenated alkanes) is 1. The summed E-state index contributed by atoms with van der Waals surface area (Å²) in [7, 11) is 0. The first-order chi connectivity index (χ1) is 14.5. The number of hydrogen-bond acceptors (Lipinski definition) is 0. The van der Waals surface area contributed by atoms with E-state index in [1.54, 1.807) is 6.07 Å². The molecule has 1 fully saturated rings. The third kappa shape index (κ3) is 4.29. The highest BCUT2D eigenvalue weighted by Gasteiger charge is 2.31. The van der Waals surface area contributed by atoms with Crippen molar-refractivity contribution in [2.75, 3.05) is 0 Å². The molecule has 1 saturated carbocycles. The Hall–Kier alpha value is -1.84. The van der Waals surface area contributed by atoms with Crippen molar-refractivity contribution in [3.05, 3.63) is 58.7 Å². The van der Waals surface area contributed by atoms with Crippen molar-refractivity contribution >= 4 is 0 Å². The molecule has 0 heterocycles. The molecule has 1 unspecified atom stereocenters. The molecule has 2 aromatic rings. The highest BCUT2D eigenvalue weighted by Crippen LogP contribution is 2.42. The number of rotatable bonds is 5. The van der Waals surface area contributed by atoms with Gasteiger partial charge in [-0.05, 0) is 78.7 Å². The van der Waals surface area contributed by atoms with Crippen molar-refractivity contribution in [3.8, 4) is 11.1 Å². The predicted octanol–water partition coefficient (Wildman–Crippen LogP) is 8.01. The summed E-state index contributed by atoms with van der Waals surface area (Å²) in [4.78, 5) is 0. The van der Waals surface area contributed by atoms with Crippen LogP contribution in [0.1, 0.15) is 69.4 Å². The van der Waals surface area contributed by atoms with Crippen LogP contribution in [0.5, 0.6) is 0 Å². The summed E-state index contributed by atoms with van der Waals surface area (Å²) in [5.41, 5.74) is 1.86. The standard InChI is InChI=1S/C26H30F4/c1-2-3-4-16-5-7-17(8-6-16)18-9-11-21-19(13-18)10-12-22(25(21)29)20-14-23(27)26(30)24(28)15-20/h10,12,14-18H,2-9,11,13H2,1H3. The molecule has 0 aromatic heterocycles. The Kier molecular flexibility index (Phi) is 6.50. The first kappa shape index (κ1) is 21.4. The zero-order valence-corrected chi connectivity index (χ0v) is 17.6. The molecule has 4 heteroatoms. The maximum absolute atomic E-state index is 15.2. The summed E-state index contributed by atoms with van der Waals surface area (Å²) in [6.07, 6.45) is 11.7. The molecular formula is C26H30F4. The van der Waals surface area contributed by atoms with Gasteiger partial charge in [0.1, 0.15) is 5.82 Å². The summed E-state index contributed by atoms with van der Waals surface area (Å²) in [6, 6.07) is 5.22. The summed E-state index contributed by atoms with van der Waals surface area (Å²) >= 11 is 0. The minimum Gasteiger partial charge on any atom is -0.206 e. The molecule has 1 atom stereocenters. The van der Waals surface area contributed by atoms with Gasteiger partial charge in [0.25, 0.3) is 0 Å². The van der Waals surface area contributed by atoms with Gasteiger partial charge in [-0.3, -0.25) is 0 Å². The van der Waals surface area contributed by atoms with E-state index in [9.17, 15) is 13.2 Å². The van der Waals surface area contributed by atoms with E-state index in [1.807, 2.05) is 6.07 Å². The fourth-order valence-electron chi connectivity index (χ4n) is 5.61. The fourth-order valence-corrected chi connectivity index (χ4v) is 5.61. The van der Waals surface area contributed by atoms with Crippen molar-refractivity contribution in [2.45, 2.75) is 71.1 Å². The van der Waals surface area contributed by atoms with E-state index in [4.69, 9.17) is 0 Å². The molecule has 0 nitrogen and oxygen atoms in total. The molecule has 0 saturated heterocycles. The second-order valence-electron chi connectivity index (χ2n) is 9.24.